The van der Waals surface area contributed by atoms with Crippen molar-refractivity contribution in [1.29, 1.82) is 0 Å². The molecule has 1 N–H and O–H groups in total. The summed E-state index contributed by atoms with van der Waals surface area (Å²) in [5.41, 5.74) is 0.685. The Morgan fingerprint density at radius 1 is 1.20 bits per heavy atom. The molecule has 0 aromatic heterocycles. The molecule has 0 bridgehead atoms. The fraction of sp³-hybridized carbons (Fsp3) is 0.200. The van der Waals surface area contributed by atoms with Crippen molar-refractivity contribution < 1.29 is 18.6 Å². The molecule has 2 rings (SSSR count). The molecule has 20 heavy (non-hydrogen) atoms. The van der Waals surface area contributed by atoms with E-state index in [1.54, 1.807) is 6.07 Å². The minimum atomic E-state index is -1.10. The average Bonchev–Trinajstić information content (AvgIpc) is 2.42. The highest BCUT2D eigenvalue weighted by Gasteiger charge is 2.19. The standard InChI is InChI=1S/C15H13ClF2O2/c1-20-14-4-2-3-12(18)15(14)13(19)8-9-5-6-11(17)10(16)7-9/h2-7,13,19H,8H2,1H3. The normalized spacial score (nSPS) is 12.2. The van der Waals surface area contributed by atoms with E-state index in [9.17, 15) is 13.9 Å². The van der Waals surface area contributed by atoms with Gasteiger partial charge in [-0.1, -0.05) is 23.7 Å². The number of methoxy groups -OCH3 is 1. The van der Waals surface area contributed by atoms with Gasteiger partial charge in [-0.2, -0.15) is 0 Å². The summed E-state index contributed by atoms with van der Waals surface area (Å²) >= 11 is 5.68. The Morgan fingerprint density at radius 3 is 2.60 bits per heavy atom. The minimum Gasteiger partial charge on any atom is -0.496 e. The highest BCUT2D eigenvalue weighted by Crippen LogP contribution is 2.30. The van der Waals surface area contributed by atoms with E-state index in [4.69, 9.17) is 16.3 Å². The van der Waals surface area contributed by atoms with Crippen molar-refractivity contribution in [3.63, 3.8) is 0 Å². The second kappa shape index (κ2) is 6.20. The minimum absolute atomic E-state index is 0.0322. The van der Waals surface area contributed by atoms with E-state index in [2.05, 4.69) is 0 Å². The fourth-order valence-corrected chi connectivity index (χ4v) is 2.21. The Labute approximate surface area is 120 Å². The number of hydrogen-bond donors (Lipinski definition) is 1. The van der Waals surface area contributed by atoms with Crippen LogP contribution in [0.2, 0.25) is 5.02 Å². The van der Waals surface area contributed by atoms with Gasteiger partial charge in [-0.15, -0.1) is 0 Å². The Hall–Kier alpha value is -1.65. The lowest BCUT2D eigenvalue weighted by Crippen LogP contribution is -2.07. The molecule has 0 spiro atoms. The lowest BCUT2D eigenvalue weighted by atomic mass is 10.00. The molecule has 2 aromatic carbocycles. The van der Waals surface area contributed by atoms with Gasteiger partial charge >= 0.3 is 0 Å². The van der Waals surface area contributed by atoms with Crippen LogP contribution in [0.1, 0.15) is 17.2 Å². The molecular formula is C15H13ClF2O2. The summed E-state index contributed by atoms with van der Waals surface area (Å²) in [7, 11) is 1.40. The van der Waals surface area contributed by atoms with Crippen molar-refractivity contribution in [3.8, 4) is 5.75 Å². The third kappa shape index (κ3) is 3.08. The first-order chi connectivity index (χ1) is 9.52. The third-order valence-electron chi connectivity index (χ3n) is 2.98. The maximum Gasteiger partial charge on any atom is 0.141 e. The van der Waals surface area contributed by atoms with Crippen LogP contribution in [0.25, 0.3) is 0 Å². The van der Waals surface area contributed by atoms with Crippen LogP contribution in [0.5, 0.6) is 5.75 Å². The Bertz CT molecular complexity index is 617. The van der Waals surface area contributed by atoms with Gasteiger partial charge in [0.15, 0.2) is 0 Å². The zero-order chi connectivity index (χ0) is 14.7. The maximum atomic E-state index is 13.8. The number of hydrogen-bond acceptors (Lipinski definition) is 2. The van der Waals surface area contributed by atoms with Crippen LogP contribution < -0.4 is 4.74 Å². The molecule has 1 atom stereocenters. The van der Waals surface area contributed by atoms with Crippen LogP contribution in [-0.4, -0.2) is 12.2 Å². The molecule has 106 valence electrons. The molecule has 0 saturated heterocycles. The number of ether oxygens (including phenoxy) is 1. The van der Waals surface area contributed by atoms with Gasteiger partial charge in [0, 0.05) is 6.42 Å². The Morgan fingerprint density at radius 2 is 1.95 bits per heavy atom. The van der Waals surface area contributed by atoms with Gasteiger partial charge in [0.05, 0.1) is 23.8 Å². The van der Waals surface area contributed by atoms with Gasteiger partial charge in [0.1, 0.15) is 17.4 Å². The van der Waals surface area contributed by atoms with Crippen LogP contribution >= 0.6 is 11.6 Å². The molecule has 0 aliphatic heterocycles. The molecule has 2 aromatic rings. The maximum absolute atomic E-state index is 13.8. The van der Waals surface area contributed by atoms with Crippen molar-refractivity contribution in [2.75, 3.05) is 7.11 Å². The molecule has 0 saturated carbocycles. The van der Waals surface area contributed by atoms with Crippen LogP contribution in [0.3, 0.4) is 0 Å². The number of halogens is 3. The summed E-state index contributed by atoms with van der Waals surface area (Å²) < 4.78 is 31.9. The van der Waals surface area contributed by atoms with Crippen molar-refractivity contribution in [2.24, 2.45) is 0 Å². The monoisotopic (exact) mass is 298 g/mol. The van der Waals surface area contributed by atoms with Crippen molar-refractivity contribution >= 4 is 11.6 Å². The molecule has 0 aliphatic carbocycles. The lowest BCUT2D eigenvalue weighted by molar-refractivity contribution is 0.169. The first-order valence-electron chi connectivity index (χ1n) is 5.97. The first-order valence-corrected chi connectivity index (χ1v) is 6.35. The SMILES string of the molecule is COc1cccc(F)c1C(O)Cc1ccc(F)c(Cl)c1. The van der Waals surface area contributed by atoms with Gasteiger partial charge in [0.2, 0.25) is 0 Å². The van der Waals surface area contributed by atoms with Crippen molar-refractivity contribution in [3.05, 3.63) is 64.2 Å². The molecule has 2 nitrogen and oxygen atoms in total. The molecular weight excluding hydrogens is 286 g/mol. The fourth-order valence-electron chi connectivity index (χ4n) is 2.01. The highest BCUT2D eigenvalue weighted by molar-refractivity contribution is 6.30. The van der Waals surface area contributed by atoms with Gasteiger partial charge in [0.25, 0.3) is 0 Å². The molecule has 1 unspecified atom stereocenters. The lowest BCUT2D eigenvalue weighted by Gasteiger charge is -2.15. The summed E-state index contributed by atoms with van der Waals surface area (Å²) in [6.45, 7) is 0. The predicted octanol–water partition coefficient (Wildman–Crippen LogP) is 3.90. The van der Waals surface area contributed by atoms with E-state index in [1.165, 1.54) is 37.4 Å². The van der Waals surface area contributed by atoms with Crippen molar-refractivity contribution in [1.82, 2.24) is 0 Å². The number of aliphatic hydroxyl groups is 1. The van der Waals surface area contributed by atoms with Crippen LogP contribution in [0, 0.1) is 11.6 Å². The predicted molar refractivity (Wildman–Crippen MR) is 73.0 cm³/mol. The molecule has 0 heterocycles. The van der Waals surface area contributed by atoms with Gasteiger partial charge < -0.3 is 9.84 Å². The van der Waals surface area contributed by atoms with E-state index in [1.807, 2.05) is 0 Å². The van der Waals surface area contributed by atoms with Gasteiger partial charge in [-0.05, 0) is 29.8 Å². The Balaban J connectivity index is 2.28. The van der Waals surface area contributed by atoms with Gasteiger partial charge in [-0.3, -0.25) is 0 Å². The van der Waals surface area contributed by atoms with E-state index in [0.29, 0.717) is 5.56 Å². The van der Waals surface area contributed by atoms with Crippen LogP contribution in [0.15, 0.2) is 36.4 Å². The second-order valence-corrected chi connectivity index (χ2v) is 4.73. The smallest absolute Gasteiger partial charge is 0.141 e. The second-order valence-electron chi connectivity index (χ2n) is 4.32. The quantitative estimate of drug-likeness (QED) is 0.927. The summed E-state index contributed by atoms with van der Waals surface area (Å²) in [5, 5.41) is 10.1. The van der Waals surface area contributed by atoms with E-state index >= 15 is 0 Å². The average molecular weight is 299 g/mol. The molecule has 0 aliphatic rings. The molecule has 0 fully saturated rings. The Kier molecular flexibility index (Phi) is 4.57. The number of aliphatic hydroxyl groups excluding tert-OH is 1. The molecule has 0 amide bonds. The van der Waals surface area contributed by atoms with Gasteiger partial charge in [-0.25, -0.2) is 8.78 Å². The largest absolute Gasteiger partial charge is 0.496 e. The summed E-state index contributed by atoms with van der Waals surface area (Å²) in [6, 6.07) is 8.44. The first kappa shape index (κ1) is 14.8. The summed E-state index contributed by atoms with van der Waals surface area (Å²) in [4.78, 5) is 0. The topological polar surface area (TPSA) is 29.5 Å². The third-order valence-corrected chi connectivity index (χ3v) is 3.27. The highest BCUT2D eigenvalue weighted by atomic mass is 35.5. The number of benzene rings is 2. The molecule has 5 heteroatoms. The summed E-state index contributed by atoms with van der Waals surface area (Å²) in [6.07, 6.45) is -0.996. The molecule has 0 radical (unpaired) electrons. The van der Waals surface area contributed by atoms with E-state index in [-0.39, 0.29) is 22.8 Å². The zero-order valence-electron chi connectivity index (χ0n) is 10.7. The van der Waals surface area contributed by atoms with E-state index in [0.717, 1.165) is 0 Å². The summed E-state index contributed by atoms with van der Waals surface area (Å²) in [5.74, 6) is -0.816. The number of rotatable bonds is 4. The van der Waals surface area contributed by atoms with Crippen LogP contribution in [-0.2, 0) is 6.42 Å². The van der Waals surface area contributed by atoms with Crippen LogP contribution in [0.4, 0.5) is 8.78 Å². The van der Waals surface area contributed by atoms with Crippen molar-refractivity contribution in [2.45, 2.75) is 12.5 Å². The van der Waals surface area contributed by atoms with E-state index < -0.39 is 17.7 Å². The zero-order valence-corrected chi connectivity index (χ0v) is 11.5.